The maximum absolute atomic E-state index is 12.6. The molecular formula is C12H10BrF3N2. The Labute approximate surface area is 111 Å². The summed E-state index contributed by atoms with van der Waals surface area (Å²) in [5, 5.41) is 4.72. The molecule has 0 aliphatic carbocycles. The first-order valence-corrected chi connectivity index (χ1v) is 6.32. The molecule has 1 aromatic carbocycles. The molecule has 0 amide bonds. The van der Waals surface area contributed by atoms with Crippen molar-refractivity contribution in [3.63, 3.8) is 0 Å². The maximum Gasteiger partial charge on any atom is 0.416 e. The van der Waals surface area contributed by atoms with Crippen molar-refractivity contribution in [1.82, 2.24) is 9.78 Å². The molecule has 0 spiro atoms. The van der Waals surface area contributed by atoms with E-state index in [4.69, 9.17) is 0 Å². The molecule has 0 fully saturated rings. The fourth-order valence-electron chi connectivity index (χ4n) is 1.65. The lowest BCUT2D eigenvalue weighted by Gasteiger charge is -2.10. The largest absolute Gasteiger partial charge is 0.416 e. The Morgan fingerprint density at radius 2 is 2.06 bits per heavy atom. The second-order valence-corrected chi connectivity index (χ2v) is 4.41. The molecule has 2 nitrogen and oxygen atoms in total. The minimum atomic E-state index is -4.34. The summed E-state index contributed by atoms with van der Waals surface area (Å²) in [6.07, 6.45) is -2.69. The van der Waals surface area contributed by atoms with E-state index in [1.54, 1.807) is 12.3 Å². The van der Waals surface area contributed by atoms with E-state index in [1.807, 2.05) is 6.92 Å². The summed E-state index contributed by atoms with van der Waals surface area (Å²) in [5.74, 6) is 0. The van der Waals surface area contributed by atoms with Gasteiger partial charge in [0.15, 0.2) is 0 Å². The second kappa shape index (κ2) is 4.76. The fraction of sp³-hybridized carbons (Fsp3) is 0.250. The predicted octanol–water partition coefficient (Wildman–Crippen LogP) is 4.09. The highest BCUT2D eigenvalue weighted by molar-refractivity contribution is 9.08. The van der Waals surface area contributed by atoms with Crippen molar-refractivity contribution in [2.24, 2.45) is 0 Å². The average molecular weight is 319 g/mol. The lowest BCUT2D eigenvalue weighted by Crippen LogP contribution is -2.07. The monoisotopic (exact) mass is 318 g/mol. The minimum absolute atomic E-state index is 0.412. The van der Waals surface area contributed by atoms with Gasteiger partial charge in [-0.05, 0) is 25.1 Å². The molecule has 0 atom stereocenters. The lowest BCUT2D eigenvalue weighted by molar-refractivity contribution is -0.137. The summed E-state index contributed by atoms with van der Waals surface area (Å²) in [6, 6.07) is 5.13. The van der Waals surface area contributed by atoms with E-state index in [2.05, 4.69) is 21.0 Å². The third-order valence-electron chi connectivity index (χ3n) is 2.67. The lowest BCUT2D eigenvalue weighted by atomic mass is 10.2. The number of halogens is 4. The molecule has 2 aromatic rings. The van der Waals surface area contributed by atoms with Crippen molar-refractivity contribution < 1.29 is 13.2 Å². The number of hydrogen-bond acceptors (Lipinski definition) is 1. The van der Waals surface area contributed by atoms with Crippen LogP contribution in [0.4, 0.5) is 13.2 Å². The van der Waals surface area contributed by atoms with Crippen LogP contribution < -0.4 is 0 Å². The van der Waals surface area contributed by atoms with Crippen molar-refractivity contribution in [2.75, 3.05) is 0 Å². The van der Waals surface area contributed by atoms with Crippen LogP contribution >= 0.6 is 15.9 Å². The Kier molecular flexibility index (Phi) is 3.47. The number of rotatable bonds is 2. The molecule has 1 aromatic heterocycles. The quantitative estimate of drug-likeness (QED) is 0.762. The van der Waals surface area contributed by atoms with Gasteiger partial charge in [-0.2, -0.15) is 18.3 Å². The summed E-state index contributed by atoms with van der Waals surface area (Å²) in [4.78, 5) is 0. The molecule has 2 rings (SSSR count). The summed E-state index contributed by atoms with van der Waals surface area (Å²) >= 11 is 3.31. The van der Waals surface area contributed by atoms with Gasteiger partial charge in [-0.1, -0.05) is 22.0 Å². The van der Waals surface area contributed by atoms with Crippen LogP contribution in [0, 0.1) is 6.92 Å². The van der Waals surface area contributed by atoms with Gasteiger partial charge in [-0.25, -0.2) is 4.68 Å². The Morgan fingerprint density at radius 1 is 1.33 bits per heavy atom. The highest BCUT2D eigenvalue weighted by atomic mass is 79.9. The van der Waals surface area contributed by atoms with Gasteiger partial charge in [-0.3, -0.25) is 0 Å². The molecule has 0 aliphatic rings. The molecule has 0 radical (unpaired) electrons. The van der Waals surface area contributed by atoms with E-state index in [9.17, 15) is 13.2 Å². The average Bonchev–Trinajstić information content (AvgIpc) is 2.69. The van der Waals surface area contributed by atoms with Crippen LogP contribution in [0.3, 0.4) is 0 Å². The molecule has 0 N–H and O–H groups in total. The van der Waals surface area contributed by atoms with Gasteiger partial charge in [-0.15, -0.1) is 0 Å². The third-order valence-corrected chi connectivity index (χ3v) is 3.28. The third kappa shape index (κ3) is 2.43. The van der Waals surface area contributed by atoms with E-state index in [-0.39, 0.29) is 0 Å². The smallest absolute Gasteiger partial charge is 0.238 e. The second-order valence-electron chi connectivity index (χ2n) is 3.85. The van der Waals surface area contributed by atoms with Crippen molar-refractivity contribution in [3.8, 4) is 5.69 Å². The zero-order valence-electron chi connectivity index (χ0n) is 9.50. The number of aromatic nitrogens is 2. The Balaban J connectivity index is 2.48. The Morgan fingerprint density at radius 3 is 2.61 bits per heavy atom. The first-order chi connectivity index (χ1) is 8.43. The number of benzene rings is 1. The van der Waals surface area contributed by atoms with Crippen LogP contribution in [0.2, 0.25) is 0 Å². The topological polar surface area (TPSA) is 17.8 Å². The van der Waals surface area contributed by atoms with Crippen LogP contribution in [-0.4, -0.2) is 9.78 Å². The highest BCUT2D eigenvalue weighted by Gasteiger charge is 2.30. The molecule has 0 saturated carbocycles. The zero-order chi connectivity index (χ0) is 13.3. The van der Waals surface area contributed by atoms with Gasteiger partial charge >= 0.3 is 6.18 Å². The molecule has 0 bridgehead atoms. The van der Waals surface area contributed by atoms with Gasteiger partial charge in [0.2, 0.25) is 0 Å². The van der Waals surface area contributed by atoms with Gasteiger partial charge in [0.1, 0.15) is 0 Å². The number of hydrogen-bond donors (Lipinski definition) is 0. The molecule has 18 heavy (non-hydrogen) atoms. The maximum atomic E-state index is 12.6. The van der Waals surface area contributed by atoms with Crippen LogP contribution in [0.1, 0.15) is 16.8 Å². The number of alkyl halides is 4. The van der Waals surface area contributed by atoms with Crippen LogP contribution in [0.5, 0.6) is 0 Å². The first kappa shape index (κ1) is 13.1. The van der Waals surface area contributed by atoms with E-state index in [0.717, 1.165) is 23.4 Å². The molecule has 1 heterocycles. The normalized spacial score (nSPS) is 11.8. The minimum Gasteiger partial charge on any atom is -0.238 e. The van der Waals surface area contributed by atoms with Gasteiger partial charge in [0, 0.05) is 16.6 Å². The van der Waals surface area contributed by atoms with E-state index in [1.165, 1.54) is 10.7 Å². The van der Waals surface area contributed by atoms with E-state index in [0.29, 0.717) is 11.0 Å². The highest BCUT2D eigenvalue weighted by Crippen LogP contribution is 2.30. The van der Waals surface area contributed by atoms with E-state index >= 15 is 0 Å². The fourth-order valence-corrected chi connectivity index (χ4v) is 2.20. The van der Waals surface area contributed by atoms with E-state index < -0.39 is 11.7 Å². The summed E-state index contributed by atoms with van der Waals surface area (Å²) in [6.45, 7) is 1.82. The predicted molar refractivity (Wildman–Crippen MR) is 65.9 cm³/mol. The van der Waals surface area contributed by atoms with Gasteiger partial charge in [0.05, 0.1) is 17.4 Å². The van der Waals surface area contributed by atoms with Gasteiger partial charge in [0.25, 0.3) is 0 Å². The first-order valence-electron chi connectivity index (χ1n) is 5.20. The molecule has 0 aliphatic heterocycles. The molecule has 0 unspecified atom stereocenters. The molecule has 6 heteroatoms. The summed E-state index contributed by atoms with van der Waals surface area (Å²) < 4.78 is 39.4. The molecule has 0 saturated heterocycles. The van der Waals surface area contributed by atoms with Crippen LogP contribution in [0.25, 0.3) is 5.69 Å². The Hall–Kier alpha value is -1.30. The summed E-state index contributed by atoms with van der Waals surface area (Å²) in [7, 11) is 0. The van der Waals surface area contributed by atoms with Gasteiger partial charge < -0.3 is 0 Å². The molecular weight excluding hydrogens is 309 g/mol. The van der Waals surface area contributed by atoms with Crippen molar-refractivity contribution in [3.05, 3.63) is 47.3 Å². The number of nitrogens with zero attached hydrogens (tertiary/aromatic N) is 2. The van der Waals surface area contributed by atoms with Crippen LogP contribution in [0.15, 0.2) is 30.5 Å². The summed E-state index contributed by atoms with van der Waals surface area (Å²) in [5.41, 5.74) is 1.52. The molecule has 96 valence electrons. The van der Waals surface area contributed by atoms with Crippen molar-refractivity contribution in [2.45, 2.75) is 18.4 Å². The van der Waals surface area contributed by atoms with Crippen molar-refractivity contribution in [1.29, 1.82) is 0 Å². The Bertz CT molecular complexity index is 561. The van der Waals surface area contributed by atoms with Crippen molar-refractivity contribution >= 4 is 15.9 Å². The SMILES string of the molecule is Cc1c(CBr)cnn1-c1cccc(C(F)(F)F)c1. The standard InChI is InChI=1S/C12H10BrF3N2/c1-8-9(6-13)7-17-18(8)11-4-2-3-10(5-11)12(14,15)16/h2-5,7H,6H2,1H3. The zero-order valence-corrected chi connectivity index (χ0v) is 11.1. The van der Waals surface area contributed by atoms with Crippen LogP contribution in [-0.2, 0) is 11.5 Å².